The summed E-state index contributed by atoms with van der Waals surface area (Å²) in [5.41, 5.74) is 2.01. The summed E-state index contributed by atoms with van der Waals surface area (Å²) in [5, 5.41) is 0.807. The Kier molecular flexibility index (Phi) is 4.67. The molecule has 0 N–H and O–H groups in total. The van der Waals surface area contributed by atoms with Crippen LogP contribution in [0.3, 0.4) is 0 Å². The van der Waals surface area contributed by atoms with Crippen molar-refractivity contribution in [1.82, 2.24) is 9.55 Å². The summed E-state index contributed by atoms with van der Waals surface area (Å²) in [6.45, 7) is -1.40. The van der Waals surface area contributed by atoms with Gasteiger partial charge >= 0.3 is 6.18 Å². The number of aryl methyl sites for hydroxylation is 1. The third-order valence-corrected chi connectivity index (χ3v) is 3.93. The SMILES string of the molecule is COc1ccc(-c2c(OC)c3cccnc3n2C)cc1OCC(F)(F)F. The standard InChI is InChI=1S/C18H17F3N2O3/c1-23-15(16(25-3)12-5-4-8-22-17(12)23)11-6-7-13(24-2)14(9-11)26-10-18(19,20)21/h4-9H,10H2,1-3H3. The largest absolute Gasteiger partial charge is 0.494 e. The number of hydrogen-bond acceptors (Lipinski definition) is 4. The number of hydrogen-bond donors (Lipinski definition) is 0. The van der Waals surface area contributed by atoms with Crippen molar-refractivity contribution in [2.75, 3.05) is 20.8 Å². The lowest BCUT2D eigenvalue weighted by molar-refractivity contribution is -0.153. The lowest BCUT2D eigenvalue weighted by Gasteiger charge is -2.14. The van der Waals surface area contributed by atoms with Gasteiger partial charge in [-0.1, -0.05) is 0 Å². The maximum atomic E-state index is 12.5. The first-order chi connectivity index (χ1) is 12.4. The Morgan fingerprint density at radius 1 is 1.08 bits per heavy atom. The number of nitrogens with zero attached hydrogens (tertiary/aromatic N) is 2. The van der Waals surface area contributed by atoms with Crippen molar-refractivity contribution in [2.24, 2.45) is 7.05 Å². The minimum absolute atomic E-state index is 0.00240. The van der Waals surface area contributed by atoms with Crippen LogP contribution in [0.15, 0.2) is 36.5 Å². The van der Waals surface area contributed by atoms with Crippen LogP contribution in [0.25, 0.3) is 22.3 Å². The molecule has 138 valence electrons. The molecule has 2 heterocycles. The highest BCUT2D eigenvalue weighted by Crippen LogP contribution is 2.41. The van der Waals surface area contributed by atoms with Crippen LogP contribution in [-0.2, 0) is 7.05 Å². The lowest BCUT2D eigenvalue weighted by atomic mass is 10.1. The molecule has 5 nitrogen and oxygen atoms in total. The summed E-state index contributed by atoms with van der Waals surface area (Å²) in [4.78, 5) is 4.34. The predicted octanol–water partition coefficient (Wildman–Crippen LogP) is 4.20. The number of pyridine rings is 1. The van der Waals surface area contributed by atoms with Gasteiger partial charge in [-0.25, -0.2) is 4.98 Å². The smallest absolute Gasteiger partial charge is 0.422 e. The fourth-order valence-electron chi connectivity index (χ4n) is 2.86. The molecule has 0 saturated carbocycles. The first-order valence-electron chi connectivity index (χ1n) is 7.71. The number of rotatable bonds is 5. The van der Waals surface area contributed by atoms with Crippen molar-refractivity contribution in [3.05, 3.63) is 36.5 Å². The van der Waals surface area contributed by atoms with Gasteiger partial charge in [0.1, 0.15) is 5.65 Å². The summed E-state index contributed by atoms with van der Waals surface area (Å²) in [7, 11) is 4.72. The third kappa shape index (κ3) is 3.26. The molecule has 2 aromatic heterocycles. The summed E-state index contributed by atoms with van der Waals surface area (Å²) in [5.74, 6) is 0.805. The van der Waals surface area contributed by atoms with E-state index in [9.17, 15) is 13.2 Å². The van der Waals surface area contributed by atoms with Crippen LogP contribution in [0.4, 0.5) is 13.2 Å². The van der Waals surface area contributed by atoms with E-state index in [0.717, 1.165) is 5.39 Å². The zero-order valence-corrected chi connectivity index (χ0v) is 14.4. The molecule has 0 atom stereocenters. The molecule has 26 heavy (non-hydrogen) atoms. The summed E-state index contributed by atoms with van der Waals surface area (Å²) < 4.78 is 55.0. The Bertz CT molecular complexity index is 935. The second-order valence-corrected chi connectivity index (χ2v) is 5.58. The van der Waals surface area contributed by atoms with E-state index in [-0.39, 0.29) is 11.5 Å². The third-order valence-electron chi connectivity index (χ3n) is 3.93. The first kappa shape index (κ1) is 17.9. The minimum Gasteiger partial charge on any atom is -0.494 e. The topological polar surface area (TPSA) is 45.5 Å². The molecule has 1 aromatic carbocycles. The van der Waals surface area contributed by atoms with Gasteiger partial charge in [0, 0.05) is 18.8 Å². The molecule has 0 radical (unpaired) electrons. The van der Waals surface area contributed by atoms with Crippen molar-refractivity contribution in [1.29, 1.82) is 0 Å². The molecular formula is C18H17F3N2O3. The fourth-order valence-corrected chi connectivity index (χ4v) is 2.86. The number of methoxy groups -OCH3 is 2. The number of halogens is 3. The summed E-state index contributed by atoms with van der Waals surface area (Å²) in [6, 6.07) is 8.46. The maximum absolute atomic E-state index is 12.5. The van der Waals surface area contributed by atoms with E-state index in [1.807, 2.05) is 17.7 Å². The van der Waals surface area contributed by atoms with Crippen LogP contribution in [0.5, 0.6) is 17.2 Å². The van der Waals surface area contributed by atoms with Gasteiger partial charge < -0.3 is 18.8 Å². The maximum Gasteiger partial charge on any atom is 0.422 e. The molecule has 0 amide bonds. The van der Waals surface area contributed by atoms with Crippen molar-refractivity contribution in [3.8, 4) is 28.5 Å². The van der Waals surface area contributed by atoms with Crippen molar-refractivity contribution >= 4 is 11.0 Å². The van der Waals surface area contributed by atoms with E-state index in [1.165, 1.54) is 20.3 Å². The fraction of sp³-hybridized carbons (Fsp3) is 0.278. The molecular weight excluding hydrogens is 349 g/mol. The van der Waals surface area contributed by atoms with Crippen molar-refractivity contribution in [3.63, 3.8) is 0 Å². The van der Waals surface area contributed by atoms with Crippen molar-refractivity contribution < 1.29 is 27.4 Å². The number of benzene rings is 1. The molecule has 0 unspecified atom stereocenters. The highest BCUT2D eigenvalue weighted by molar-refractivity contribution is 5.93. The van der Waals surface area contributed by atoms with E-state index in [4.69, 9.17) is 14.2 Å². The molecule has 0 aliphatic carbocycles. The Morgan fingerprint density at radius 2 is 1.85 bits per heavy atom. The highest BCUT2D eigenvalue weighted by Gasteiger charge is 2.29. The average Bonchev–Trinajstić information content (AvgIpc) is 2.91. The number of fused-ring (bicyclic) bond motifs is 1. The van der Waals surface area contributed by atoms with Gasteiger partial charge in [-0.05, 0) is 30.3 Å². The molecule has 0 saturated heterocycles. The van der Waals surface area contributed by atoms with Crippen LogP contribution >= 0.6 is 0 Å². The van der Waals surface area contributed by atoms with E-state index >= 15 is 0 Å². The van der Waals surface area contributed by atoms with E-state index in [0.29, 0.717) is 22.7 Å². The average molecular weight is 366 g/mol. The number of aromatic nitrogens is 2. The van der Waals surface area contributed by atoms with Gasteiger partial charge in [0.25, 0.3) is 0 Å². The van der Waals surface area contributed by atoms with E-state index in [2.05, 4.69) is 4.98 Å². The Balaban J connectivity index is 2.13. The quantitative estimate of drug-likeness (QED) is 0.679. The molecule has 8 heteroatoms. The van der Waals surface area contributed by atoms with E-state index < -0.39 is 12.8 Å². The number of alkyl halides is 3. The van der Waals surface area contributed by atoms with Crippen LogP contribution in [-0.4, -0.2) is 36.6 Å². The summed E-state index contributed by atoms with van der Waals surface area (Å²) >= 11 is 0. The molecule has 0 bridgehead atoms. The summed E-state index contributed by atoms with van der Waals surface area (Å²) in [6.07, 6.45) is -2.78. The monoisotopic (exact) mass is 366 g/mol. The van der Waals surface area contributed by atoms with Gasteiger partial charge in [-0.2, -0.15) is 13.2 Å². The second-order valence-electron chi connectivity index (χ2n) is 5.58. The zero-order valence-electron chi connectivity index (χ0n) is 14.4. The van der Waals surface area contributed by atoms with Crippen LogP contribution < -0.4 is 14.2 Å². The van der Waals surface area contributed by atoms with Gasteiger partial charge in [0.15, 0.2) is 23.9 Å². The molecule has 0 aliphatic heterocycles. The Labute approximate surface area is 147 Å². The zero-order chi connectivity index (χ0) is 18.9. The minimum atomic E-state index is -4.44. The van der Waals surface area contributed by atoms with Crippen molar-refractivity contribution in [2.45, 2.75) is 6.18 Å². The van der Waals surface area contributed by atoms with Gasteiger partial charge in [-0.15, -0.1) is 0 Å². The van der Waals surface area contributed by atoms with Gasteiger partial charge in [0.05, 0.1) is 25.3 Å². The molecule has 0 aliphatic rings. The lowest BCUT2D eigenvalue weighted by Crippen LogP contribution is -2.19. The van der Waals surface area contributed by atoms with Gasteiger partial charge in [0.2, 0.25) is 0 Å². The predicted molar refractivity (Wildman–Crippen MR) is 90.8 cm³/mol. The molecule has 3 rings (SSSR count). The van der Waals surface area contributed by atoms with Crippen LogP contribution in [0.1, 0.15) is 0 Å². The molecule has 0 spiro atoms. The van der Waals surface area contributed by atoms with Gasteiger partial charge in [-0.3, -0.25) is 0 Å². The van der Waals surface area contributed by atoms with Crippen LogP contribution in [0, 0.1) is 0 Å². The normalized spacial score (nSPS) is 11.6. The second kappa shape index (κ2) is 6.78. The first-order valence-corrected chi connectivity index (χ1v) is 7.71. The Morgan fingerprint density at radius 3 is 2.50 bits per heavy atom. The molecule has 0 fully saturated rings. The highest BCUT2D eigenvalue weighted by atomic mass is 19.4. The Hall–Kier alpha value is -2.90. The molecule has 3 aromatic rings. The number of ether oxygens (including phenoxy) is 3. The van der Waals surface area contributed by atoms with E-state index in [1.54, 1.807) is 24.4 Å². The van der Waals surface area contributed by atoms with Crippen LogP contribution in [0.2, 0.25) is 0 Å².